The number of thioether (sulfide) groups is 1. The topological polar surface area (TPSA) is 134 Å². The first-order chi connectivity index (χ1) is 14.7. The van der Waals surface area contributed by atoms with Crippen molar-refractivity contribution in [2.75, 3.05) is 20.1 Å². The maximum absolute atomic E-state index is 13.0. The van der Waals surface area contributed by atoms with Crippen molar-refractivity contribution in [3.05, 3.63) is 51.6 Å². The lowest BCUT2D eigenvalue weighted by molar-refractivity contribution is -0.409. The Balaban J connectivity index is 1.85. The Hall–Kier alpha value is -2.73. The molecule has 3 rings (SSSR count). The fraction of sp³-hybridized carbons (Fsp3) is 0.421. The zero-order valence-electron chi connectivity index (χ0n) is 17.0. The van der Waals surface area contributed by atoms with E-state index in [1.807, 2.05) is 0 Å². The number of nitro groups is 1. The number of sulfone groups is 1. The standard InChI is InChI=1S/C19H23N5O5S2/c1-13(24(26)27)30-19(20-2)21-18(25)17(22-23-11-3-4-12-23)14-5-7-15(8-6-14)31(28,29)16-9-10-16/h5-8,16H,1,3-4,9-12H2,2H3,(H,20,21,25)/b22-17+. The second-order valence-corrected chi connectivity index (χ2v) is 10.4. The van der Waals surface area contributed by atoms with Gasteiger partial charge in [-0.15, -0.1) is 0 Å². The normalized spacial score (nSPS) is 17.5. The lowest BCUT2D eigenvalue weighted by Gasteiger charge is -2.15. The fourth-order valence-corrected chi connectivity index (χ4v) is 5.17. The Morgan fingerprint density at radius 3 is 2.39 bits per heavy atom. The van der Waals surface area contributed by atoms with Crippen LogP contribution in [0.3, 0.4) is 0 Å². The number of carbonyl (C=O) groups is 1. The number of aliphatic imine (C=N–C) groups is 1. The molecule has 31 heavy (non-hydrogen) atoms. The molecule has 1 heterocycles. The second-order valence-electron chi connectivity index (χ2n) is 7.11. The van der Waals surface area contributed by atoms with Crippen LogP contribution < -0.4 is 5.32 Å². The highest BCUT2D eigenvalue weighted by molar-refractivity contribution is 8.16. The fourth-order valence-electron chi connectivity index (χ4n) is 2.98. The molecule has 0 unspecified atom stereocenters. The van der Waals surface area contributed by atoms with Gasteiger partial charge in [-0.2, -0.15) is 5.10 Å². The summed E-state index contributed by atoms with van der Waals surface area (Å²) in [4.78, 5) is 27.2. The van der Waals surface area contributed by atoms with Gasteiger partial charge in [0.05, 0.1) is 15.1 Å². The van der Waals surface area contributed by atoms with Crippen molar-refractivity contribution in [3.8, 4) is 0 Å². The minimum atomic E-state index is -3.34. The summed E-state index contributed by atoms with van der Waals surface area (Å²) in [5.41, 5.74) is 0.512. The van der Waals surface area contributed by atoms with Gasteiger partial charge in [0, 0.05) is 37.5 Å². The van der Waals surface area contributed by atoms with E-state index in [-0.39, 0.29) is 26.1 Å². The number of rotatable bonds is 7. The number of carbonyl (C=O) groups excluding carboxylic acids is 1. The summed E-state index contributed by atoms with van der Waals surface area (Å²) in [6, 6.07) is 6.06. The lowest BCUT2D eigenvalue weighted by atomic mass is 10.1. The molecule has 1 saturated carbocycles. The molecule has 1 aliphatic heterocycles. The van der Waals surface area contributed by atoms with Crippen molar-refractivity contribution in [1.29, 1.82) is 0 Å². The van der Waals surface area contributed by atoms with Gasteiger partial charge in [-0.05, 0) is 44.4 Å². The Kier molecular flexibility index (Phi) is 7.11. The van der Waals surface area contributed by atoms with Crippen LogP contribution in [-0.4, -0.2) is 60.5 Å². The van der Waals surface area contributed by atoms with Crippen molar-refractivity contribution < 1.29 is 18.1 Å². The molecule has 1 amide bonds. The Morgan fingerprint density at radius 1 is 1.26 bits per heavy atom. The number of amidine groups is 1. The molecule has 1 N–H and O–H groups in total. The smallest absolute Gasteiger partial charge is 0.299 e. The predicted octanol–water partition coefficient (Wildman–Crippen LogP) is 2.01. The molecule has 0 radical (unpaired) electrons. The molecule has 0 aromatic heterocycles. The highest BCUT2D eigenvalue weighted by Crippen LogP contribution is 2.33. The van der Waals surface area contributed by atoms with Crippen LogP contribution >= 0.6 is 11.8 Å². The van der Waals surface area contributed by atoms with Crippen molar-refractivity contribution in [1.82, 2.24) is 10.3 Å². The zero-order chi connectivity index (χ0) is 22.6. The number of amides is 1. The van der Waals surface area contributed by atoms with E-state index in [4.69, 9.17) is 0 Å². The van der Waals surface area contributed by atoms with Crippen LogP contribution in [0.5, 0.6) is 0 Å². The van der Waals surface area contributed by atoms with Gasteiger partial charge in [0.15, 0.2) is 20.7 Å². The number of hydrogen-bond donors (Lipinski definition) is 1. The van der Waals surface area contributed by atoms with Crippen LogP contribution in [0.1, 0.15) is 31.2 Å². The third kappa shape index (κ3) is 5.70. The van der Waals surface area contributed by atoms with E-state index in [0.29, 0.717) is 43.3 Å². The predicted molar refractivity (Wildman–Crippen MR) is 119 cm³/mol. The molecule has 2 aliphatic rings. The summed E-state index contributed by atoms with van der Waals surface area (Å²) in [6.07, 6.45) is 3.25. The molecule has 1 aromatic rings. The van der Waals surface area contributed by atoms with Gasteiger partial charge in [0.25, 0.3) is 5.91 Å². The highest BCUT2D eigenvalue weighted by atomic mass is 32.2. The van der Waals surface area contributed by atoms with Crippen LogP contribution in [0.15, 0.2) is 50.9 Å². The van der Waals surface area contributed by atoms with Crippen LogP contribution in [0.2, 0.25) is 0 Å². The highest BCUT2D eigenvalue weighted by Gasteiger charge is 2.36. The second kappa shape index (κ2) is 9.60. The molecule has 2 fully saturated rings. The quantitative estimate of drug-likeness (QED) is 0.282. The van der Waals surface area contributed by atoms with Crippen molar-refractivity contribution >= 4 is 38.4 Å². The van der Waals surface area contributed by atoms with Crippen molar-refractivity contribution in [2.45, 2.75) is 35.8 Å². The minimum absolute atomic E-state index is 0.00810. The van der Waals surface area contributed by atoms with Crippen LogP contribution in [0.25, 0.3) is 0 Å². The summed E-state index contributed by atoms with van der Waals surface area (Å²) in [7, 11) is -1.95. The monoisotopic (exact) mass is 465 g/mol. The average molecular weight is 466 g/mol. The molecule has 12 heteroatoms. The molecule has 1 saturated heterocycles. The van der Waals surface area contributed by atoms with E-state index >= 15 is 0 Å². The van der Waals surface area contributed by atoms with Gasteiger partial charge in [-0.1, -0.05) is 12.1 Å². The van der Waals surface area contributed by atoms with Crippen molar-refractivity contribution in [2.24, 2.45) is 10.1 Å². The SMILES string of the molecule is C=C(SC(=NC)NC(=O)/C(=N/N1CCCC1)c1ccc(S(=O)(=O)C2CC2)cc1)[N+](=O)[O-]. The molecule has 10 nitrogen and oxygen atoms in total. The first kappa shape index (κ1) is 22.9. The summed E-state index contributed by atoms with van der Waals surface area (Å²) >= 11 is 0.629. The van der Waals surface area contributed by atoms with Gasteiger partial charge in [-0.25, -0.2) is 8.42 Å². The Bertz CT molecular complexity index is 1040. The van der Waals surface area contributed by atoms with Gasteiger partial charge >= 0.3 is 5.03 Å². The summed E-state index contributed by atoms with van der Waals surface area (Å²) in [5.74, 6) is -0.603. The number of nitrogens with one attached hydrogen (secondary N) is 1. The molecule has 0 spiro atoms. The molecule has 166 valence electrons. The maximum atomic E-state index is 13.0. The minimum Gasteiger partial charge on any atom is -0.299 e. The first-order valence-electron chi connectivity index (χ1n) is 9.69. The molecule has 0 bridgehead atoms. The first-order valence-corrected chi connectivity index (χ1v) is 12.1. The maximum Gasteiger partial charge on any atom is 0.303 e. The molecule has 0 atom stereocenters. The van der Waals surface area contributed by atoms with E-state index in [0.717, 1.165) is 12.8 Å². The van der Waals surface area contributed by atoms with Gasteiger partial charge in [0.1, 0.15) is 0 Å². The number of benzene rings is 1. The van der Waals surface area contributed by atoms with Gasteiger partial charge < -0.3 is 0 Å². The van der Waals surface area contributed by atoms with Crippen LogP contribution in [0.4, 0.5) is 0 Å². The number of hydrogen-bond acceptors (Lipinski definition) is 9. The molecule has 1 aromatic carbocycles. The third-order valence-electron chi connectivity index (χ3n) is 4.80. The number of hydrazone groups is 1. The van der Waals surface area contributed by atoms with Gasteiger partial charge in [-0.3, -0.25) is 30.2 Å². The Labute approximate surface area is 184 Å². The number of nitrogens with zero attached hydrogens (tertiary/aromatic N) is 4. The zero-order valence-corrected chi connectivity index (χ0v) is 18.6. The summed E-state index contributed by atoms with van der Waals surface area (Å²) in [5, 5.41) is 18.9. The molecular formula is C19H23N5O5S2. The third-order valence-corrected chi connectivity index (χ3v) is 7.94. The largest absolute Gasteiger partial charge is 0.303 e. The summed E-state index contributed by atoms with van der Waals surface area (Å²) < 4.78 is 24.9. The average Bonchev–Trinajstić information content (AvgIpc) is 3.49. The van der Waals surface area contributed by atoms with Crippen LogP contribution in [-0.2, 0) is 14.6 Å². The van der Waals surface area contributed by atoms with Crippen LogP contribution in [0, 0.1) is 10.1 Å². The van der Waals surface area contributed by atoms with E-state index < -0.39 is 20.7 Å². The van der Waals surface area contributed by atoms with E-state index in [2.05, 4.69) is 22.0 Å². The lowest BCUT2D eigenvalue weighted by Crippen LogP contribution is -2.36. The summed E-state index contributed by atoms with van der Waals surface area (Å²) in [6.45, 7) is 4.73. The van der Waals surface area contributed by atoms with Gasteiger partial charge in [0.2, 0.25) is 0 Å². The van der Waals surface area contributed by atoms with E-state index in [1.165, 1.54) is 19.2 Å². The Morgan fingerprint density at radius 2 is 1.87 bits per heavy atom. The molecular weight excluding hydrogens is 442 g/mol. The van der Waals surface area contributed by atoms with E-state index in [1.54, 1.807) is 17.1 Å². The van der Waals surface area contributed by atoms with Crippen molar-refractivity contribution in [3.63, 3.8) is 0 Å². The molecule has 1 aliphatic carbocycles. The van der Waals surface area contributed by atoms with E-state index in [9.17, 15) is 23.3 Å².